The Morgan fingerprint density at radius 3 is 1.47 bits per heavy atom. The lowest BCUT2D eigenvalue weighted by Crippen LogP contribution is -2.54. The van der Waals surface area contributed by atoms with Gasteiger partial charge in [0.15, 0.2) is 5.78 Å². The molecule has 1 aliphatic rings. The van der Waals surface area contributed by atoms with Crippen LogP contribution in [0.5, 0.6) is 0 Å². The molecule has 0 aromatic heterocycles. The predicted octanol–water partition coefficient (Wildman–Crippen LogP) is 3.34. The zero-order valence-electron chi connectivity index (χ0n) is 17.5. The third-order valence-electron chi connectivity index (χ3n) is 5.49. The van der Waals surface area contributed by atoms with Crippen LogP contribution in [0.3, 0.4) is 0 Å². The second-order valence-corrected chi connectivity index (χ2v) is 7.24. The summed E-state index contributed by atoms with van der Waals surface area (Å²) in [5, 5.41) is 0. The first-order valence-electron chi connectivity index (χ1n) is 10.2. The smallest absolute Gasteiger partial charge is 0.318 e. The molecule has 0 N–H and O–H groups in total. The summed E-state index contributed by atoms with van der Waals surface area (Å²) in [6.07, 6.45) is 0. The van der Waals surface area contributed by atoms with E-state index in [9.17, 15) is 14.4 Å². The maximum atomic E-state index is 13.6. The predicted molar refractivity (Wildman–Crippen MR) is 111 cm³/mol. The molecule has 0 unspecified atom stereocenters. The molecule has 0 amide bonds. The van der Waals surface area contributed by atoms with E-state index >= 15 is 0 Å². The van der Waals surface area contributed by atoms with Crippen LogP contribution < -0.4 is 0 Å². The van der Waals surface area contributed by atoms with Crippen molar-refractivity contribution in [2.75, 3.05) is 20.3 Å². The molecule has 0 aliphatic carbocycles. The number of esters is 2. The second kappa shape index (κ2) is 9.67. The molecule has 6 heteroatoms. The molecule has 0 radical (unpaired) electrons. The van der Waals surface area contributed by atoms with E-state index in [1.165, 1.54) is 0 Å². The number of carbonyl (C=O) groups is 3. The fourth-order valence-corrected chi connectivity index (χ4v) is 4.26. The Morgan fingerprint density at radius 2 is 1.13 bits per heavy atom. The number of piperidine rings is 1. The molecule has 4 atom stereocenters. The number of ether oxygens (including phenoxy) is 2. The largest absolute Gasteiger partial charge is 0.465 e. The summed E-state index contributed by atoms with van der Waals surface area (Å²) >= 11 is 0. The number of rotatable bonds is 6. The maximum Gasteiger partial charge on any atom is 0.318 e. The van der Waals surface area contributed by atoms with Gasteiger partial charge in [0.1, 0.15) is 11.8 Å². The summed E-state index contributed by atoms with van der Waals surface area (Å²) in [5.41, 5.74) is 1.63. The van der Waals surface area contributed by atoms with Gasteiger partial charge in [-0.25, -0.2) is 0 Å². The molecule has 1 fully saturated rings. The maximum absolute atomic E-state index is 13.6. The number of carbonyl (C=O) groups excluding carboxylic acids is 3. The SMILES string of the molecule is CCOC(=O)[C@@H]1C(=O)[C@@H](C(=O)OCC)[C@H](c2ccccc2)N(C)[C@@H]1c1ccccc1. The molecular formula is C24H27NO5. The van der Waals surface area contributed by atoms with Crippen LogP contribution >= 0.6 is 0 Å². The van der Waals surface area contributed by atoms with Crippen molar-refractivity contribution >= 4 is 17.7 Å². The van der Waals surface area contributed by atoms with E-state index in [-0.39, 0.29) is 13.2 Å². The van der Waals surface area contributed by atoms with Crippen LogP contribution in [0.4, 0.5) is 0 Å². The van der Waals surface area contributed by atoms with E-state index in [0.29, 0.717) is 0 Å². The van der Waals surface area contributed by atoms with Crippen molar-refractivity contribution in [3.8, 4) is 0 Å². The lowest BCUT2D eigenvalue weighted by Gasteiger charge is -2.46. The van der Waals surface area contributed by atoms with Gasteiger partial charge in [-0.3, -0.25) is 19.3 Å². The van der Waals surface area contributed by atoms with Crippen molar-refractivity contribution in [1.82, 2.24) is 4.90 Å². The van der Waals surface area contributed by atoms with E-state index in [1.807, 2.05) is 72.6 Å². The van der Waals surface area contributed by atoms with Gasteiger partial charge in [-0.1, -0.05) is 60.7 Å². The average molecular weight is 409 g/mol. The van der Waals surface area contributed by atoms with Crippen molar-refractivity contribution in [2.24, 2.45) is 11.8 Å². The van der Waals surface area contributed by atoms with Crippen molar-refractivity contribution in [3.63, 3.8) is 0 Å². The highest BCUT2D eigenvalue weighted by Gasteiger charge is 2.54. The number of ketones is 1. The molecular weight excluding hydrogens is 382 g/mol. The Balaban J connectivity index is 2.16. The Bertz CT molecular complexity index is 811. The van der Waals surface area contributed by atoms with Crippen molar-refractivity contribution < 1.29 is 23.9 Å². The molecule has 1 aliphatic heterocycles. The molecule has 0 bridgehead atoms. The van der Waals surface area contributed by atoms with E-state index in [2.05, 4.69) is 0 Å². The van der Waals surface area contributed by atoms with Crippen LogP contribution in [-0.4, -0.2) is 42.9 Å². The van der Waals surface area contributed by atoms with E-state index < -0.39 is 41.6 Å². The molecule has 1 heterocycles. The molecule has 6 nitrogen and oxygen atoms in total. The van der Waals surface area contributed by atoms with Gasteiger partial charge >= 0.3 is 11.9 Å². The minimum absolute atomic E-state index is 0.153. The normalized spacial score (nSPS) is 24.3. The lowest BCUT2D eigenvalue weighted by atomic mass is 9.73. The molecule has 0 saturated carbocycles. The fourth-order valence-electron chi connectivity index (χ4n) is 4.26. The first-order chi connectivity index (χ1) is 14.5. The van der Waals surface area contributed by atoms with Crippen LogP contribution in [0.2, 0.25) is 0 Å². The highest BCUT2D eigenvalue weighted by molar-refractivity contribution is 6.10. The summed E-state index contributed by atoms with van der Waals surface area (Å²) in [6, 6.07) is 17.6. The number of hydrogen-bond donors (Lipinski definition) is 0. The minimum atomic E-state index is -1.12. The minimum Gasteiger partial charge on any atom is -0.465 e. The molecule has 1 saturated heterocycles. The highest BCUT2D eigenvalue weighted by Crippen LogP contribution is 2.46. The standard InChI is InChI=1S/C24H27NO5/c1-4-29-23(27)18-20(16-12-8-6-9-13-16)25(3)21(17-14-10-7-11-15-17)19(22(18)26)24(28)30-5-2/h6-15,18-21H,4-5H2,1-3H3/t18-,19-,20-,21+/m0/s1. The van der Waals surface area contributed by atoms with Gasteiger partial charge < -0.3 is 9.47 Å². The van der Waals surface area contributed by atoms with E-state index in [4.69, 9.17) is 9.47 Å². The second-order valence-electron chi connectivity index (χ2n) is 7.24. The molecule has 30 heavy (non-hydrogen) atoms. The first-order valence-corrected chi connectivity index (χ1v) is 10.2. The molecule has 2 aromatic rings. The summed E-state index contributed by atoms with van der Waals surface area (Å²) < 4.78 is 10.5. The zero-order valence-corrected chi connectivity index (χ0v) is 17.5. The van der Waals surface area contributed by atoms with Crippen molar-refractivity contribution in [3.05, 3.63) is 71.8 Å². The van der Waals surface area contributed by atoms with Gasteiger partial charge in [0.25, 0.3) is 0 Å². The van der Waals surface area contributed by atoms with Crippen LogP contribution in [-0.2, 0) is 23.9 Å². The molecule has 158 valence electrons. The number of likely N-dealkylation sites (tertiary alicyclic amines) is 1. The quantitative estimate of drug-likeness (QED) is 0.538. The third kappa shape index (κ3) is 4.14. The van der Waals surface area contributed by atoms with Crippen LogP contribution in [0, 0.1) is 11.8 Å². The molecule has 2 aromatic carbocycles. The van der Waals surface area contributed by atoms with Gasteiger partial charge in [0.2, 0.25) is 0 Å². The number of benzene rings is 2. The Hall–Kier alpha value is -2.99. The number of hydrogen-bond acceptors (Lipinski definition) is 6. The first kappa shape index (κ1) is 21.7. The number of Topliss-reactive ketones (excluding diaryl/α,β-unsaturated/α-hetero) is 1. The van der Waals surface area contributed by atoms with Crippen LogP contribution in [0.1, 0.15) is 37.1 Å². The van der Waals surface area contributed by atoms with Gasteiger partial charge in [0.05, 0.1) is 25.3 Å². The highest BCUT2D eigenvalue weighted by atomic mass is 16.5. The van der Waals surface area contributed by atoms with Gasteiger partial charge in [-0.2, -0.15) is 0 Å². The summed E-state index contributed by atoms with van der Waals surface area (Å²) in [4.78, 5) is 41.3. The average Bonchev–Trinajstić information content (AvgIpc) is 2.76. The van der Waals surface area contributed by atoms with E-state index in [0.717, 1.165) is 11.1 Å². The zero-order chi connectivity index (χ0) is 21.7. The molecule has 0 spiro atoms. The third-order valence-corrected chi connectivity index (χ3v) is 5.49. The van der Waals surface area contributed by atoms with Crippen LogP contribution in [0.15, 0.2) is 60.7 Å². The Kier molecular flexibility index (Phi) is 7.00. The summed E-state index contributed by atoms with van der Waals surface area (Å²) in [6.45, 7) is 3.70. The van der Waals surface area contributed by atoms with E-state index in [1.54, 1.807) is 13.8 Å². The van der Waals surface area contributed by atoms with Gasteiger partial charge in [0, 0.05) is 0 Å². The van der Waals surface area contributed by atoms with Gasteiger partial charge in [-0.15, -0.1) is 0 Å². The molecule has 3 rings (SSSR count). The lowest BCUT2D eigenvalue weighted by molar-refractivity contribution is -0.169. The number of nitrogens with zero attached hydrogens (tertiary/aromatic N) is 1. The summed E-state index contributed by atoms with van der Waals surface area (Å²) in [5.74, 6) is -3.95. The fraction of sp³-hybridized carbons (Fsp3) is 0.375. The topological polar surface area (TPSA) is 72.9 Å². The monoisotopic (exact) mass is 409 g/mol. The Labute approximate surface area is 176 Å². The van der Waals surface area contributed by atoms with Gasteiger partial charge in [-0.05, 0) is 32.0 Å². The Morgan fingerprint density at radius 1 is 0.767 bits per heavy atom. The van der Waals surface area contributed by atoms with Crippen molar-refractivity contribution in [2.45, 2.75) is 25.9 Å². The van der Waals surface area contributed by atoms with Crippen LogP contribution in [0.25, 0.3) is 0 Å². The summed E-state index contributed by atoms with van der Waals surface area (Å²) in [7, 11) is 1.83. The van der Waals surface area contributed by atoms with Crippen molar-refractivity contribution in [1.29, 1.82) is 0 Å².